The van der Waals surface area contributed by atoms with E-state index in [9.17, 15) is 43.2 Å². The molecule has 0 saturated carbocycles. The summed E-state index contributed by atoms with van der Waals surface area (Å²) < 4.78 is 68.4. The number of hydrogen-bond donors (Lipinski definition) is 3. The van der Waals surface area contributed by atoms with Gasteiger partial charge in [0.15, 0.2) is 12.2 Å². The molecule has 0 heterocycles. The van der Waals surface area contributed by atoms with Gasteiger partial charge in [-0.05, 0) is 43.4 Å². The molecule has 19 heteroatoms. The normalized spacial score (nSPS) is 14.7. The number of carbonyl (C=O) groups is 4. The molecule has 0 fully saturated rings. The van der Waals surface area contributed by atoms with Crippen LogP contribution >= 0.6 is 15.6 Å². The van der Waals surface area contributed by atoms with Gasteiger partial charge in [0.25, 0.3) is 0 Å². The number of phosphoric acid groups is 2. The van der Waals surface area contributed by atoms with E-state index in [0.29, 0.717) is 25.7 Å². The van der Waals surface area contributed by atoms with Crippen LogP contribution in [0.1, 0.15) is 376 Å². The van der Waals surface area contributed by atoms with Crippen molar-refractivity contribution in [3.8, 4) is 0 Å². The number of unbranched alkanes of at least 4 members (excludes halogenated alkanes) is 38. The minimum absolute atomic E-state index is 0.104. The molecule has 0 aromatic carbocycles. The topological polar surface area (TPSA) is 237 Å². The van der Waals surface area contributed by atoms with Crippen LogP contribution in [0, 0.1) is 17.8 Å². The van der Waals surface area contributed by atoms with Gasteiger partial charge in [-0.2, -0.15) is 0 Å². The lowest BCUT2D eigenvalue weighted by Crippen LogP contribution is -2.30. The van der Waals surface area contributed by atoms with Gasteiger partial charge in [-0.3, -0.25) is 37.3 Å². The van der Waals surface area contributed by atoms with Crippen molar-refractivity contribution in [1.82, 2.24) is 0 Å². The van der Waals surface area contributed by atoms with Crippen molar-refractivity contribution < 1.29 is 80.2 Å². The molecular weight excluding hydrogens is 1220 g/mol. The summed E-state index contributed by atoms with van der Waals surface area (Å²) in [5, 5.41) is 10.6. The molecule has 0 aliphatic heterocycles. The van der Waals surface area contributed by atoms with Crippen LogP contribution in [0.2, 0.25) is 0 Å². The predicted octanol–water partition coefficient (Wildman–Crippen LogP) is 21.4. The van der Waals surface area contributed by atoms with Crippen molar-refractivity contribution in [1.29, 1.82) is 0 Å². The van der Waals surface area contributed by atoms with Crippen molar-refractivity contribution >= 4 is 39.5 Å². The fourth-order valence-corrected chi connectivity index (χ4v) is 12.8. The smallest absolute Gasteiger partial charge is 0.462 e. The van der Waals surface area contributed by atoms with Crippen LogP contribution in [0.5, 0.6) is 0 Å². The number of hydrogen-bond acceptors (Lipinski definition) is 15. The van der Waals surface area contributed by atoms with Crippen molar-refractivity contribution in [3.05, 3.63) is 0 Å². The van der Waals surface area contributed by atoms with Crippen LogP contribution in [0.25, 0.3) is 0 Å². The minimum Gasteiger partial charge on any atom is -0.462 e. The van der Waals surface area contributed by atoms with Crippen LogP contribution in [-0.2, 0) is 65.4 Å². The van der Waals surface area contributed by atoms with E-state index in [2.05, 4.69) is 48.5 Å². The van der Waals surface area contributed by atoms with Crippen LogP contribution in [-0.4, -0.2) is 96.7 Å². The number of esters is 4. The summed E-state index contributed by atoms with van der Waals surface area (Å²) >= 11 is 0. The SMILES string of the molecule is CCCCCCCCCCCCCCCCCCCC(=O)O[C@H](COC(=O)CCCCCCCCCCCCC(C)CC)COP(=O)(O)OC[C@@H](O)COP(=O)(O)OC[C@@H](COC(=O)CCCCCCCCC(C)CC)OC(=O)CCCCCCCCCCCC(C)C. The summed E-state index contributed by atoms with van der Waals surface area (Å²) in [5.41, 5.74) is 0. The molecule has 93 heavy (non-hydrogen) atoms. The number of ether oxygens (including phenoxy) is 4. The Balaban J connectivity index is 5.26. The van der Waals surface area contributed by atoms with Crippen molar-refractivity contribution in [2.75, 3.05) is 39.6 Å². The Kier molecular flexibility index (Phi) is 63.4. The van der Waals surface area contributed by atoms with E-state index in [1.165, 1.54) is 180 Å². The van der Waals surface area contributed by atoms with E-state index in [4.69, 9.17) is 37.0 Å². The van der Waals surface area contributed by atoms with Gasteiger partial charge in [-0.25, -0.2) is 9.13 Å². The van der Waals surface area contributed by atoms with E-state index >= 15 is 0 Å². The van der Waals surface area contributed by atoms with Crippen molar-refractivity contribution in [3.63, 3.8) is 0 Å². The summed E-state index contributed by atoms with van der Waals surface area (Å²) in [4.78, 5) is 72.7. The lowest BCUT2D eigenvalue weighted by molar-refractivity contribution is -0.161. The monoisotopic (exact) mass is 1370 g/mol. The first-order valence-corrected chi connectivity index (χ1v) is 41.4. The molecule has 0 saturated heterocycles. The molecule has 0 aliphatic carbocycles. The van der Waals surface area contributed by atoms with Crippen molar-refractivity contribution in [2.24, 2.45) is 17.8 Å². The van der Waals surface area contributed by atoms with E-state index < -0.39 is 97.5 Å². The fraction of sp³-hybridized carbons (Fsp3) is 0.946. The van der Waals surface area contributed by atoms with Gasteiger partial charge in [0, 0.05) is 25.7 Å². The predicted molar refractivity (Wildman–Crippen MR) is 377 cm³/mol. The summed E-state index contributed by atoms with van der Waals surface area (Å²) in [7, 11) is -9.91. The van der Waals surface area contributed by atoms with Crippen LogP contribution in [0.3, 0.4) is 0 Å². The van der Waals surface area contributed by atoms with Crippen LogP contribution in [0.4, 0.5) is 0 Å². The second kappa shape index (κ2) is 64.7. The molecule has 7 atom stereocenters. The number of rotatable bonds is 72. The third-order valence-electron chi connectivity index (χ3n) is 17.9. The van der Waals surface area contributed by atoms with Crippen molar-refractivity contribution in [2.45, 2.75) is 394 Å². The average molecular weight is 1370 g/mol. The van der Waals surface area contributed by atoms with E-state index in [-0.39, 0.29) is 25.7 Å². The molecule has 3 N–H and O–H groups in total. The third-order valence-corrected chi connectivity index (χ3v) is 19.8. The van der Waals surface area contributed by atoms with Crippen LogP contribution < -0.4 is 0 Å². The Morgan fingerprint density at radius 3 is 0.817 bits per heavy atom. The molecule has 0 spiro atoms. The molecule has 0 aliphatic rings. The zero-order valence-corrected chi connectivity index (χ0v) is 62.5. The summed E-state index contributed by atoms with van der Waals surface area (Å²) in [6, 6.07) is 0. The zero-order valence-electron chi connectivity index (χ0n) is 60.7. The Labute approximate surface area is 568 Å². The first-order chi connectivity index (χ1) is 44.8. The molecule has 0 bridgehead atoms. The fourth-order valence-electron chi connectivity index (χ4n) is 11.2. The largest absolute Gasteiger partial charge is 0.472 e. The van der Waals surface area contributed by atoms with E-state index in [1.807, 2.05) is 0 Å². The Hall–Kier alpha value is -1.94. The van der Waals surface area contributed by atoms with Gasteiger partial charge in [0.05, 0.1) is 26.4 Å². The zero-order chi connectivity index (χ0) is 68.7. The Morgan fingerprint density at radius 1 is 0.312 bits per heavy atom. The number of phosphoric ester groups is 2. The second-order valence-electron chi connectivity index (χ2n) is 27.6. The van der Waals surface area contributed by atoms with Gasteiger partial charge in [-0.15, -0.1) is 0 Å². The summed E-state index contributed by atoms with van der Waals surface area (Å²) in [5.74, 6) is 0.155. The molecule has 0 amide bonds. The maximum atomic E-state index is 13.1. The summed E-state index contributed by atoms with van der Waals surface area (Å²) in [6.07, 6.45) is 49.9. The van der Waals surface area contributed by atoms with Gasteiger partial charge in [0.2, 0.25) is 0 Å². The molecule has 0 radical (unpaired) electrons. The number of aliphatic hydroxyl groups is 1. The van der Waals surface area contributed by atoms with E-state index in [0.717, 1.165) is 114 Å². The second-order valence-corrected chi connectivity index (χ2v) is 30.6. The average Bonchev–Trinajstić information content (AvgIpc) is 1.55. The first-order valence-electron chi connectivity index (χ1n) is 38.4. The number of aliphatic hydroxyl groups excluding tert-OH is 1. The molecule has 0 aromatic heterocycles. The molecule has 552 valence electrons. The van der Waals surface area contributed by atoms with Gasteiger partial charge < -0.3 is 33.8 Å². The van der Waals surface area contributed by atoms with Gasteiger partial charge in [0.1, 0.15) is 19.3 Å². The highest BCUT2D eigenvalue weighted by Crippen LogP contribution is 2.45. The standard InChI is InChI=1S/C74H144O17P2/c1-8-11-12-13-14-15-16-17-18-19-20-21-22-29-34-43-50-57-73(78)90-69(61-84-71(76)55-48-41-33-28-24-23-27-32-39-46-53-66(6)9-2)63-88-92(80,81)86-59-68(75)60-87-93(82,83)89-64-70(62-85-72(77)56-49-42-37-36-40-47-54-67(7)10-3)91-74(79)58-51-44-35-30-25-26-31-38-45-52-65(4)5/h65-70,75H,8-64H2,1-7H3,(H,80,81)(H,82,83)/t66?,67?,68-,69-,70-/m1/s1. The molecular formula is C74H144O17P2. The third kappa shape index (κ3) is 65.8. The highest BCUT2D eigenvalue weighted by Gasteiger charge is 2.30. The Bertz CT molecular complexity index is 1820. The molecule has 0 rings (SSSR count). The molecule has 4 unspecified atom stereocenters. The highest BCUT2D eigenvalue weighted by molar-refractivity contribution is 7.47. The first kappa shape index (κ1) is 91.1. The van der Waals surface area contributed by atoms with E-state index in [1.54, 1.807) is 0 Å². The summed E-state index contributed by atoms with van der Waals surface area (Å²) in [6.45, 7) is 11.8. The lowest BCUT2D eigenvalue weighted by Gasteiger charge is -2.21. The highest BCUT2D eigenvalue weighted by atomic mass is 31.2. The van der Waals surface area contributed by atoms with Gasteiger partial charge in [-0.1, -0.05) is 325 Å². The molecule has 17 nitrogen and oxygen atoms in total. The minimum atomic E-state index is -4.96. The van der Waals surface area contributed by atoms with Gasteiger partial charge >= 0.3 is 39.5 Å². The maximum absolute atomic E-state index is 13.1. The van der Waals surface area contributed by atoms with Crippen LogP contribution in [0.15, 0.2) is 0 Å². The Morgan fingerprint density at radius 2 is 0.548 bits per heavy atom. The lowest BCUT2D eigenvalue weighted by atomic mass is 9.99. The maximum Gasteiger partial charge on any atom is 0.472 e. The molecule has 0 aromatic rings. The number of carbonyl (C=O) groups excluding carboxylic acids is 4. The quantitative estimate of drug-likeness (QED) is 0.0222.